The highest BCUT2D eigenvalue weighted by Crippen LogP contribution is 2.09. The van der Waals surface area contributed by atoms with Gasteiger partial charge >= 0.3 is 0 Å². The molecule has 0 aliphatic heterocycles. The minimum atomic E-state index is -0.310. The monoisotopic (exact) mass is 301 g/mol. The number of hydrogen-bond acceptors (Lipinski definition) is 3. The molecule has 1 aromatic carbocycles. The predicted octanol–water partition coefficient (Wildman–Crippen LogP) is 1.74. The van der Waals surface area contributed by atoms with Crippen LogP contribution in [0.15, 0.2) is 42.5 Å². The predicted molar refractivity (Wildman–Crippen MR) is 79.3 cm³/mol. The molecule has 1 heterocycles. The third kappa shape index (κ3) is 4.12. The molecule has 2 aromatic rings. The smallest absolute Gasteiger partial charge is 0.272 e. The number of benzene rings is 1. The summed E-state index contributed by atoms with van der Waals surface area (Å²) in [4.78, 5) is 28.4. The van der Waals surface area contributed by atoms with Crippen LogP contribution in [-0.4, -0.2) is 29.2 Å². The molecule has 114 valence electrons. The van der Waals surface area contributed by atoms with Crippen molar-refractivity contribution in [2.45, 2.75) is 13.1 Å². The second kappa shape index (κ2) is 7.31. The van der Waals surface area contributed by atoms with Crippen molar-refractivity contribution < 1.29 is 14.0 Å². The number of amides is 2. The van der Waals surface area contributed by atoms with E-state index >= 15 is 0 Å². The van der Waals surface area contributed by atoms with Gasteiger partial charge in [0, 0.05) is 13.6 Å². The van der Waals surface area contributed by atoms with Crippen molar-refractivity contribution in [2.75, 3.05) is 7.05 Å². The highest BCUT2D eigenvalue weighted by molar-refractivity contribution is 5.92. The standard InChI is InChI=1S/C16H16FN3O2/c1-20(10-12-5-7-13(17)8-6-12)16(22)15-4-2-3-14(19-15)9-18-11-21/h2-8,11H,9-10H2,1H3,(H,18,21). The van der Waals surface area contributed by atoms with Crippen molar-refractivity contribution in [1.82, 2.24) is 15.2 Å². The Kier molecular flexibility index (Phi) is 5.19. The van der Waals surface area contributed by atoms with Crippen LogP contribution in [-0.2, 0) is 17.9 Å². The molecular weight excluding hydrogens is 285 g/mol. The minimum absolute atomic E-state index is 0.239. The van der Waals surface area contributed by atoms with Gasteiger partial charge in [0.25, 0.3) is 5.91 Å². The molecule has 0 aliphatic carbocycles. The normalized spacial score (nSPS) is 10.1. The Balaban J connectivity index is 2.06. The quantitative estimate of drug-likeness (QED) is 0.827. The Morgan fingerprint density at radius 3 is 2.68 bits per heavy atom. The number of nitrogens with one attached hydrogen (secondary N) is 1. The summed E-state index contributed by atoms with van der Waals surface area (Å²) in [5.74, 6) is -0.549. The van der Waals surface area contributed by atoms with E-state index in [1.54, 1.807) is 37.4 Å². The van der Waals surface area contributed by atoms with Gasteiger partial charge in [-0.3, -0.25) is 9.59 Å². The average molecular weight is 301 g/mol. The lowest BCUT2D eigenvalue weighted by atomic mass is 10.2. The van der Waals surface area contributed by atoms with Crippen LogP contribution in [0.25, 0.3) is 0 Å². The summed E-state index contributed by atoms with van der Waals surface area (Å²) in [6, 6.07) is 11.1. The number of carbonyl (C=O) groups is 2. The van der Waals surface area contributed by atoms with Crippen molar-refractivity contribution in [3.05, 3.63) is 65.2 Å². The van der Waals surface area contributed by atoms with Crippen molar-refractivity contribution in [1.29, 1.82) is 0 Å². The Morgan fingerprint density at radius 1 is 1.27 bits per heavy atom. The van der Waals surface area contributed by atoms with Gasteiger partial charge in [-0.1, -0.05) is 18.2 Å². The van der Waals surface area contributed by atoms with E-state index in [9.17, 15) is 14.0 Å². The Labute approximate surface area is 127 Å². The molecular formula is C16H16FN3O2. The van der Waals surface area contributed by atoms with Crippen LogP contribution in [0.1, 0.15) is 21.7 Å². The van der Waals surface area contributed by atoms with E-state index < -0.39 is 0 Å². The molecule has 5 nitrogen and oxygen atoms in total. The van der Waals surface area contributed by atoms with Gasteiger partial charge in [-0.2, -0.15) is 0 Å². The van der Waals surface area contributed by atoms with Crippen molar-refractivity contribution in [3.63, 3.8) is 0 Å². The van der Waals surface area contributed by atoms with Crippen LogP contribution in [0, 0.1) is 5.82 Å². The molecule has 2 amide bonds. The molecule has 22 heavy (non-hydrogen) atoms. The topological polar surface area (TPSA) is 62.3 Å². The average Bonchev–Trinajstić information content (AvgIpc) is 2.54. The fourth-order valence-corrected chi connectivity index (χ4v) is 1.97. The first-order valence-electron chi connectivity index (χ1n) is 6.73. The molecule has 1 N–H and O–H groups in total. The third-order valence-corrected chi connectivity index (χ3v) is 3.07. The van der Waals surface area contributed by atoms with Gasteiger partial charge in [-0.25, -0.2) is 9.37 Å². The third-order valence-electron chi connectivity index (χ3n) is 3.07. The number of nitrogens with zero attached hydrogens (tertiary/aromatic N) is 2. The number of halogens is 1. The summed E-state index contributed by atoms with van der Waals surface area (Å²) in [5.41, 5.74) is 1.74. The molecule has 0 unspecified atom stereocenters. The molecule has 0 saturated carbocycles. The van der Waals surface area contributed by atoms with Gasteiger partial charge in [0.05, 0.1) is 12.2 Å². The van der Waals surface area contributed by atoms with E-state index in [1.807, 2.05) is 0 Å². The number of hydrogen-bond donors (Lipinski definition) is 1. The van der Waals surface area contributed by atoms with Gasteiger partial charge in [0.1, 0.15) is 11.5 Å². The Bertz CT molecular complexity index is 659. The van der Waals surface area contributed by atoms with E-state index in [0.717, 1.165) is 5.56 Å². The molecule has 0 spiro atoms. The fourth-order valence-electron chi connectivity index (χ4n) is 1.97. The lowest BCUT2D eigenvalue weighted by Crippen LogP contribution is -2.27. The summed E-state index contributed by atoms with van der Waals surface area (Å²) in [7, 11) is 1.66. The highest BCUT2D eigenvalue weighted by atomic mass is 19.1. The highest BCUT2D eigenvalue weighted by Gasteiger charge is 2.14. The fraction of sp³-hybridized carbons (Fsp3) is 0.188. The molecule has 6 heteroatoms. The lowest BCUT2D eigenvalue weighted by molar-refractivity contribution is -0.109. The van der Waals surface area contributed by atoms with Gasteiger partial charge in [0.15, 0.2) is 0 Å². The molecule has 0 aliphatic rings. The largest absolute Gasteiger partial charge is 0.353 e. The number of carbonyl (C=O) groups excluding carboxylic acids is 2. The van der Waals surface area contributed by atoms with Crippen LogP contribution in [0.4, 0.5) is 4.39 Å². The van der Waals surface area contributed by atoms with E-state index in [-0.39, 0.29) is 18.3 Å². The van der Waals surface area contributed by atoms with Crippen LogP contribution >= 0.6 is 0 Å². The lowest BCUT2D eigenvalue weighted by Gasteiger charge is -2.17. The van der Waals surface area contributed by atoms with Gasteiger partial charge in [-0.05, 0) is 29.8 Å². The molecule has 2 rings (SSSR count). The van der Waals surface area contributed by atoms with Crippen molar-refractivity contribution in [3.8, 4) is 0 Å². The first kappa shape index (κ1) is 15.6. The molecule has 0 fully saturated rings. The van der Waals surface area contributed by atoms with Crippen molar-refractivity contribution >= 4 is 12.3 Å². The second-order valence-electron chi connectivity index (χ2n) is 4.80. The van der Waals surface area contributed by atoms with Crippen LogP contribution in [0.5, 0.6) is 0 Å². The Morgan fingerprint density at radius 2 is 2.00 bits per heavy atom. The van der Waals surface area contributed by atoms with Gasteiger partial charge in [0.2, 0.25) is 6.41 Å². The zero-order chi connectivity index (χ0) is 15.9. The van der Waals surface area contributed by atoms with Crippen LogP contribution in [0.3, 0.4) is 0 Å². The van der Waals surface area contributed by atoms with E-state index in [2.05, 4.69) is 10.3 Å². The van der Waals surface area contributed by atoms with E-state index in [0.29, 0.717) is 24.3 Å². The summed E-state index contributed by atoms with van der Waals surface area (Å²) < 4.78 is 12.9. The molecule has 1 aromatic heterocycles. The molecule has 0 atom stereocenters. The first-order valence-corrected chi connectivity index (χ1v) is 6.73. The van der Waals surface area contributed by atoms with Crippen LogP contribution in [0.2, 0.25) is 0 Å². The zero-order valence-electron chi connectivity index (χ0n) is 12.1. The minimum Gasteiger partial charge on any atom is -0.353 e. The summed E-state index contributed by atoms with van der Waals surface area (Å²) in [5, 5.41) is 2.50. The molecule has 0 bridgehead atoms. The number of rotatable bonds is 6. The van der Waals surface area contributed by atoms with Crippen molar-refractivity contribution in [2.24, 2.45) is 0 Å². The Hall–Kier alpha value is -2.76. The van der Waals surface area contributed by atoms with Crippen LogP contribution < -0.4 is 5.32 Å². The maximum atomic E-state index is 12.9. The maximum Gasteiger partial charge on any atom is 0.272 e. The van der Waals surface area contributed by atoms with E-state index in [4.69, 9.17) is 0 Å². The summed E-state index contributed by atoms with van der Waals surface area (Å²) >= 11 is 0. The molecule has 0 radical (unpaired) electrons. The number of pyridine rings is 1. The summed E-state index contributed by atoms with van der Waals surface area (Å²) in [6.07, 6.45) is 0.580. The maximum absolute atomic E-state index is 12.9. The van der Waals surface area contributed by atoms with E-state index in [1.165, 1.54) is 17.0 Å². The van der Waals surface area contributed by atoms with Gasteiger partial charge in [-0.15, -0.1) is 0 Å². The molecule has 0 saturated heterocycles. The number of aromatic nitrogens is 1. The summed E-state index contributed by atoms with van der Waals surface area (Å²) in [6.45, 7) is 0.629. The van der Waals surface area contributed by atoms with Gasteiger partial charge < -0.3 is 10.2 Å². The SMILES string of the molecule is CN(Cc1ccc(F)cc1)C(=O)c1cccc(CNC=O)n1. The second-order valence-corrected chi connectivity index (χ2v) is 4.80. The zero-order valence-corrected chi connectivity index (χ0v) is 12.1. The first-order chi connectivity index (χ1) is 10.6.